The first kappa shape index (κ1) is 13.7. The van der Waals surface area contributed by atoms with Gasteiger partial charge in [0.15, 0.2) is 0 Å². The highest BCUT2D eigenvalue weighted by Gasteiger charge is 2.15. The molecule has 0 aliphatic heterocycles. The third-order valence-electron chi connectivity index (χ3n) is 3.82. The quantitative estimate of drug-likeness (QED) is 0.703. The Hall–Kier alpha value is -2.28. The molecule has 0 saturated carbocycles. The Morgan fingerprint density at radius 2 is 1.57 bits per heavy atom. The number of benzene rings is 2. The largest absolute Gasteiger partial charge is 0.311 e. The van der Waals surface area contributed by atoms with Crippen molar-refractivity contribution in [2.24, 2.45) is 5.92 Å². The van der Waals surface area contributed by atoms with Gasteiger partial charge in [0, 0.05) is 17.1 Å². The van der Waals surface area contributed by atoms with Crippen molar-refractivity contribution in [3.05, 3.63) is 84.1 Å². The standard InChI is InChI=1S/C20H21N/c1-16-11-13-19(14-12-16)21(18-8-4-3-5-9-18)20-10-6-7-17(2)15-20/h3-6,8-15,17H,7H2,1-2H3. The van der Waals surface area contributed by atoms with E-state index in [1.165, 1.54) is 22.6 Å². The summed E-state index contributed by atoms with van der Waals surface area (Å²) in [5.74, 6) is 0.585. The van der Waals surface area contributed by atoms with Gasteiger partial charge in [-0.1, -0.05) is 55.0 Å². The second-order valence-corrected chi connectivity index (χ2v) is 5.71. The maximum Gasteiger partial charge on any atom is 0.0461 e. The first-order valence-corrected chi connectivity index (χ1v) is 7.54. The number of rotatable bonds is 3. The van der Waals surface area contributed by atoms with Crippen LogP contribution in [-0.2, 0) is 0 Å². The Morgan fingerprint density at radius 1 is 0.905 bits per heavy atom. The summed E-state index contributed by atoms with van der Waals surface area (Å²) in [6.07, 6.45) is 7.98. The molecular weight excluding hydrogens is 254 g/mol. The molecular formula is C20H21N. The fourth-order valence-corrected chi connectivity index (χ4v) is 2.69. The highest BCUT2D eigenvalue weighted by atomic mass is 15.1. The molecule has 0 N–H and O–H groups in total. The van der Waals surface area contributed by atoms with Crippen molar-refractivity contribution in [1.29, 1.82) is 0 Å². The molecule has 2 aromatic carbocycles. The lowest BCUT2D eigenvalue weighted by molar-refractivity contribution is 0.726. The molecule has 2 aromatic rings. The van der Waals surface area contributed by atoms with Gasteiger partial charge < -0.3 is 4.90 Å². The van der Waals surface area contributed by atoms with Crippen LogP contribution in [-0.4, -0.2) is 0 Å². The summed E-state index contributed by atoms with van der Waals surface area (Å²) in [5.41, 5.74) is 4.94. The van der Waals surface area contributed by atoms with Crippen molar-refractivity contribution < 1.29 is 0 Å². The van der Waals surface area contributed by atoms with Crippen LogP contribution in [0.2, 0.25) is 0 Å². The summed E-state index contributed by atoms with van der Waals surface area (Å²) in [5, 5.41) is 0. The molecule has 106 valence electrons. The molecule has 0 bridgehead atoms. The maximum absolute atomic E-state index is 2.35. The summed E-state index contributed by atoms with van der Waals surface area (Å²) < 4.78 is 0. The van der Waals surface area contributed by atoms with Gasteiger partial charge in [0.05, 0.1) is 0 Å². The van der Waals surface area contributed by atoms with E-state index in [9.17, 15) is 0 Å². The van der Waals surface area contributed by atoms with Gasteiger partial charge in [0.1, 0.15) is 0 Å². The van der Waals surface area contributed by atoms with Crippen LogP contribution in [0.3, 0.4) is 0 Å². The van der Waals surface area contributed by atoms with Crippen molar-refractivity contribution in [1.82, 2.24) is 0 Å². The zero-order valence-corrected chi connectivity index (χ0v) is 12.7. The number of hydrogen-bond acceptors (Lipinski definition) is 1. The van der Waals surface area contributed by atoms with Gasteiger partial charge in [-0.2, -0.15) is 0 Å². The predicted molar refractivity (Wildman–Crippen MR) is 90.8 cm³/mol. The van der Waals surface area contributed by atoms with Crippen LogP contribution in [0.1, 0.15) is 18.9 Å². The minimum atomic E-state index is 0.585. The van der Waals surface area contributed by atoms with E-state index in [1.54, 1.807) is 0 Å². The lowest BCUT2D eigenvalue weighted by Gasteiger charge is -2.28. The summed E-state index contributed by atoms with van der Waals surface area (Å²) in [4.78, 5) is 2.33. The highest BCUT2D eigenvalue weighted by molar-refractivity contribution is 5.70. The van der Waals surface area contributed by atoms with Crippen molar-refractivity contribution in [2.45, 2.75) is 20.3 Å². The molecule has 21 heavy (non-hydrogen) atoms. The Morgan fingerprint density at radius 3 is 2.24 bits per heavy atom. The Balaban J connectivity index is 2.07. The molecule has 1 heteroatoms. The molecule has 3 rings (SSSR count). The molecule has 0 spiro atoms. The van der Waals surface area contributed by atoms with E-state index >= 15 is 0 Å². The van der Waals surface area contributed by atoms with Crippen LogP contribution in [0.4, 0.5) is 11.4 Å². The molecule has 1 aliphatic carbocycles. The van der Waals surface area contributed by atoms with Crippen LogP contribution in [0.5, 0.6) is 0 Å². The second kappa shape index (κ2) is 6.01. The number of anilines is 2. The average Bonchev–Trinajstić information content (AvgIpc) is 2.51. The lowest BCUT2D eigenvalue weighted by atomic mass is 10.00. The van der Waals surface area contributed by atoms with Crippen LogP contribution in [0.15, 0.2) is 78.5 Å². The lowest BCUT2D eigenvalue weighted by Crippen LogP contribution is -2.17. The SMILES string of the molecule is Cc1ccc(N(C2=CC(C)CC=C2)c2ccccc2)cc1. The molecule has 0 heterocycles. The minimum Gasteiger partial charge on any atom is -0.311 e. The maximum atomic E-state index is 2.35. The van der Waals surface area contributed by atoms with Gasteiger partial charge in [0.2, 0.25) is 0 Å². The van der Waals surface area contributed by atoms with E-state index in [-0.39, 0.29) is 0 Å². The van der Waals surface area contributed by atoms with Crippen molar-refractivity contribution >= 4 is 11.4 Å². The third-order valence-corrected chi connectivity index (χ3v) is 3.82. The third kappa shape index (κ3) is 3.08. The molecule has 0 saturated heterocycles. The Bertz CT molecular complexity index is 650. The highest BCUT2D eigenvalue weighted by Crippen LogP contribution is 2.32. The zero-order chi connectivity index (χ0) is 14.7. The normalized spacial score (nSPS) is 17.4. The number of aryl methyl sites for hydroxylation is 1. The summed E-state index contributed by atoms with van der Waals surface area (Å²) in [6.45, 7) is 4.39. The van der Waals surface area contributed by atoms with E-state index in [2.05, 4.69) is 91.6 Å². The zero-order valence-electron chi connectivity index (χ0n) is 12.7. The van der Waals surface area contributed by atoms with Crippen LogP contribution >= 0.6 is 0 Å². The fraction of sp³-hybridized carbons (Fsp3) is 0.200. The van der Waals surface area contributed by atoms with E-state index in [1.807, 2.05) is 0 Å². The van der Waals surface area contributed by atoms with Crippen molar-refractivity contribution in [3.63, 3.8) is 0 Å². The first-order valence-electron chi connectivity index (χ1n) is 7.54. The molecule has 0 fully saturated rings. The molecule has 0 radical (unpaired) electrons. The predicted octanol–water partition coefficient (Wildman–Crippen LogP) is 5.61. The molecule has 1 atom stereocenters. The van der Waals surface area contributed by atoms with Gasteiger partial charge in [0.25, 0.3) is 0 Å². The monoisotopic (exact) mass is 275 g/mol. The summed E-state index contributed by atoms with van der Waals surface area (Å²) in [6, 6.07) is 19.3. The first-order chi connectivity index (χ1) is 10.2. The van der Waals surface area contributed by atoms with E-state index in [0.29, 0.717) is 5.92 Å². The summed E-state index contributed by atoms with van der Waals surface area (Å²) >= 11 is 0. The average molecular weight is 275 g/mol. The van der Waals surface area contributed by atoms with Gasteiger partial charge in [-0.05, 0) is 49.6 Å². The summed E-state index contributed by atoms with van der Waals surface area (Å²) in [7, 11) is 0. The number of nitrogens with zero attached hydrogens (tertiary/aromatic N) is 1. The van der Waals surface area contributed by atoms with Crippen LogP contribution in [0, 0.1) is 12.8 Å². The molecule has 0 amide bonds. The van der Waals surface area contributed by atoms with Gasteiger partial charge in [-0.3, -0.25) is 0 Å². The Labute approximate surface area is 127 Å². The van der Waals surface area contributed by atoms with E-state index in [0.717, 1.165) is 6.42 Å². The van der Waals surface area contributed by atoms with Gasteiger partial charge in [-0.25, -0.2) is 0 Å². The number of allylic oxidation sites excluding steroid dienone is 3. The fourth-order valence-electron chi connectivity index (χ4n) is 2.69. The number of para-hydroxylation sites is 1. The van der Waals surface area contributed by atoms with Gasteiger partial charge >= 0.3 is 0 Å². The van der Waals surface area contributed by atoms with E-state index < -0.39 is 0 Å². The van der Waals surface area contributed by atoms with Crippen LogP contribution < -0.4 is 4.90 Å². The smallest absolute Gasteiger partial charge is 0.0461 e. The topological polar surface area (TPSA) is 3.24 Å². The van der Waals surface area contributed by atoms with Crippen LogP contribution in [0.25, 0.3) is 0 Å². The van der Waals surface area contributed by atoms with Crippen molar-refractivity contribution in [3.8, 4) is 0 Å². The number of hydrogen-bond donors (Lipinski definition) is 0. The molecule has 1 aliphatic rings. The second-order valence-electron chi connectivity index (χ2n) is 5.71. The molecule has 1 unspecified atom stereocenters. The van der Waals surface area contributed by atoms with E-state index in [4.69, 9.17) is 0 Å². The Kier molecular flexibility index (Phi) is 3.92. The van der Waals surface area contributed by atoms with Crippen molar-refractivity contribution in [2.75, 3.05) is 4.90 Å². The molecule has 0 aromatic heterocycles. The van der Waals surface area contributed by atoms with Gasteiger partial charge in [-0.15, -0.1) is 0 Å². The minimum absolute atomic E-state index is 0.585. The molecule has 1 nitrogen and oxygen atoms in total.